The molecule has 6 nitrogen and oxygen atoms in total. The highest BCUT2D eigenvalue weighted by molar-refractivity contribution is 7.14. The first-order valence-electron chi connectivity index (χ1n) is 12.2. The average molecular weight is 500 g/mol. The fourth-order valence-electron chi connectivity index (χ4n) is 4.06. The van der Waals surface area contributed by atoms with Crippen molar-refractivity contribution in [2.24, 2.45) is 0 Å². The molecule has 0 aliphatic heterocycles. The number of hydrogen-bond donors (Lipinski definition) is 2. The predicted molar refractivity (Wildman–Crippen MR) is 150 cm³/mol. The lowest BCUT2D eigenvalue weighted by Gasteiger charge is -2.30. The van der Waals surface area contributed by atoms with Gasteiger partial charge in [-0.1, -0.05) is 18.2 Å². The Labute approximate surface area is 217 Å². The van der Waals surface area contributed by atoms with Crippen LogP contribution in [-0.4, -0.2) is 32.9 Å². The zero-order valence-corrected chi connectivity index (χ0v) is 22.3. The van der Waals surface area contributed by atoms with Crippen molar-refractivity contribution in [1.29, 1.82) is 0 Å². The number of carbonyl (C=O) groups excluding carboxylic acids is 1. The number of rotatable bonds is 9. The van der Waals surface area contributed by atoms with Crippen molar-refractivity contribution in [2.45, 2.75) is 53.2 Å². The van der Waals surface area contributed by atoms with Gasteiger partial charge in [0.25, 0.3) is 5.91 Å². The smallest absolute Gasteiger partial charge is 0.255 e. The van der Waals surface area contributed by atoms with E-state index in [4.69, 9.17) is 0 Å². The molecule has 0 aliphatic rings. The standard InChI is InChI=1S/C29H33N5OS/c1-19(2)34(20(3)4)17-22-9-11-23(12-10-22)28(35)31-25-13-8-21(5)26(15-25)32-29-33-27(18-36-29)24-7-6-14-30-16-24/h6-16,18-20H,17H2,1-5H3,(H,31,35)(H,32,33). The summed E-state index contributed by atoms with van der Waals surface area (Å²) in [5, 5.41) is 9.21. The zero-order chi connectivity index (χ0) is 25.7. The van der Waals surface area contributed by atoms with Gasteiger partial charge in [-0.3, -0.25) is 14.7 Å². The topological polar surface area (TPSA) is 70.2 Å². The molecule has 0 bridgehead atoms. The maximum Gasteiger partial charge on any atom is 0.255 e. The molecule has 2 aromatic heterocycles. The first-order valence-corrected chi connectivity index (χ1v) is 13.1. The van der Waals surface area contributed by atoms with E-state index in [9.17, 15) is 4.79 Å². The van der Waals surface area contributed by atoms with E-state index in [2.05, 4.69) is 53.2 Å². The van der Waals surface area contributed by atoms with Crippen LogP contribution in [0.5, 0.6) is 0 Å². The van der Waals surface area contributed by atoms with Crippen LogP contribution in [0.1, 0.15) is 49.2 Å². The van der Waals surface area contributed by atoms with Crippen LogP contribution in [0, 0.1) is 6.92 Å². The minimum Gasteiger partial charge on any atom is -0.331 e. The molecule has 7 heteroatoms. The summed E-state index contributed by atoms with van der Waals surface area (Å²) in [6, 6.07) is 18.5. The maximum absolute atomic E-state index is 12.9. The molecular formula is C29H33N5OS. The summed E-state index contributed by atoms with van der Waals surface area (Å²) in [6.07, 6.45) is 3.55. The second kappa shape index (κ2) is 11.5. The number of pyridine rings is 1. The third-order valence-corrected chi connectivity index (χ3v) is 6.86. The molecule has 4 aromatic rings. The largest absolute Gasteiger partial charge is 0.331 e. The molecule has 4 rings (SSSR count). The summed E-state index contributed by atoms with van der Waals surface area (Å²) < 4.78 is 0. The van der Waals surface area contributed by atoms with Gasteiger partial charge < -0.3 is 10.6 Å². The number of nitrogens with zero attached hydrogens (tertiary/aromatic N) is 3. The van der Waals surface area contributed by atoms with Crippen LogP contribution in [0.25, 0.3) is 11.3 Å². The lowest BCUT2D eigenvalue weighted by atomic mass is 10.1. The first kappa shape index (κ1) is 25.5. The van der Waals surface area contributed by atoms with Crippen LogP contribution < -0.4 is 10.6 Å². The van der Waals surface area contributed by atoms with Gasteiger partial charge in [0.1, 0.15) is 0 Å². The third kappa shape index (κ3) is 6.36. The van der Waals surface area contributed by atoms with Crippen molar-refractivity contribution in [3.63, 3.8) is 0 Å². The maximum atomic E-state index is 12.9. The number of hydrogen-bond acceptors (Lipinski definition) is 6. The van der Waals surface area contributed by atoms with E-state index in [1.54, 1.807) is 12.4 Å². The Kier molecular flexibility index (Phi) is 8.13. The van der Waals surface area contributed by atoms with E-state index in [-0.39, 0.29) is 5.91 Å². The van der Waals surface area contributed by atoms with E-state index in [0.717, 1.165) is 39.9 Å². The van der Waals surface area contributed by atoms with Crippen LogP contribution >= 0.6 is 11.3 Å². The van der Waals surface area contributed by atoms with Gasteiger partial charge in [0.05, 0.1) is 5.69 Å². The van der Waals surface area contributed by atoms with Gasteiger partial charge in [0, 0.05) is 58.9 Å². The normalized spacial score (nSPS) is 11.3. The molecule has 0 spiro atoms. The van der Waals surface area contributed by atoms with Gasteiger partial charge in [-0.15, -0.1) is 11.3 Å². The van der Waals surface area contributed by atoms with E-state index < -0.39 is 0 Å². The molecular weight excluding hydrogens is 466 g/mol. The number of anilines is 3. The highest BCUT2D eigenvalue weighted by Crippen LogP contribution is 2.29. The van der Waals surface area contributed by atoms with Gasteiger partial charge in [-0.25, -0.2) is 4.98 Å². The van der Waals surface area contributed by atoms with Gasteiger partial charge in [0.2, 0.25) is 0 Å². The van der Waals surface area contributed by atoms with Gasteiger partial charge in [-0.05, 0) is 82.1 Å². The number of amides is 1. The van der Waals surface area contributed by atoms with Crippen LogP contribution in [0.3, 0.4) is 0 Å². The van der Waals surface area contributed by atoms with Crippen molar-refractivity contribution in [2.75, 3.05) is 10.6 Å². The molecule has 2 N–H and O–H groups in total. The summed E-state index contributed by atoms with van der Waals surface area (Å²) in [5.74, 6) is -0.131. The number of aromatic nitrogens is 2. The predicted octanol–water partition coefficient (Wildman–Crippen LogP) is 7.13. The van der Waals surface area contributed by atoms with Crippen LogP contribution in [0.4, 0.5) is 16.5 Å². The summed E-state index contributed by atoms with van der Waals surface area (Å²) in [5.41, 5.74) is 6.39. The minimum absolute atomic E-state index is 0.131. The van der Waals surface area contributed by atoms with E-state index >= 15 is 0 Å². The Hall–Kier alpha value is -3.55. The lowest BCUT2D eigenvalue weighted by molar-refractivity contribution is 0.102. The van der Waals surface area contributed by atoms with Crippen molar-refractivity contribution >= 4 is 33.8 Å². The Morgan fingerprint density at radius 1 is 1.03 bits per heavy atom. The van der Waals surface area contributed by atoms with Crippen LogP contribution in [0.15, 0.2) is 72.4 Å². The Morgan fingerprint density at radius 3 is 2.44 bits per heavy atom. The van der Waals surface area contributed by atoms with Crippen molar-refractivity contribution in [3.8, 4) is 11.3 Å². The molecule has 0 saturated carbocycles. The Bertz CT molecular complexity index is 1290. The molecule has 0 unspecified atom stereocenters. The molecule has 186 valence electrons. The summed E-state index contributed by atoms with van der Waals surface area (Å²) in [7, 11) is 0. The lowest BCUT2D eigenvalue weighted by Crippen LogP contribution is -2.36. The second-order valence-electron chi connectivity index (χ2n) is 9.45. The van der Waals surface area contributed by atoms with Gasteiger partial charge >= 0.3 is 0 Å². The second-order valence-corrected chi connectivity index (χ2v) is 10.3. The molecule has 0 radical (unpaired) electrons. The van der Waals surface area contributed by atoms with Crippen molar-refractivity contribution in [3.05, 3.63) is 89.1 Å². The van der Waals surface area contributed by atoms with E-state index in [0.29, 0.717) is 17.6 Å². The monoisotopic (exact) mass is 499 g/mol. The average Bonchev–Trinajstić information content (AvgIpc) is 3.33. The SMILES string of the molecule is Cc1ccc(NC(=O)c2ccc(CN(C(C)C)C(C)C)cc2)cc1Nc1nc(-c2cccnc2)cs1. The molecule has 36 heavy (non-hydrogen) atoms. The van der Waals surface area contributed by atoms with E-state index in [1.165, 1.54) is 16.9 Å². The number of benzene rings is 2. The first-order chi connectivity index (χ1) is 17.3. The molecule has 2 aromatic carbocycles. The quantitative estimate of drug-likeness (QED) is 0.256. The van der Waals surface area contributed by atoms with Gasteiger partial charge in [-0.2, -0.15) is 0 Å². The van der Waals surface area contributed by atoms with Crippen molar-refractivity contribution < 1.29 is 4.79 Å². The molecule has 0 saturated heterocycles. The summed E-state index contributed by atoms with van der Waals surface area (Å²) in [6.45, 7) is 11.7. The fourth-order valence-corrected chi connectivity index (χ4v) is 4.80. The van der Waals surface area contributed by atoms with Crippen LogP contribution in [-0.2, 0) is 6.54 Å². The molecule has 0 aliphatic carbocycles. The molecule has 0 fully saturated rings. The number of aryl methyl sites for hydroxylation is 1. The minimum atomic E-state index is -0.131. The van der Waals surface area contributed by atoms with Crippen molar-refractivity contribution in [1.82, 2.24) is 14.9 Å². The molecule has 1 amide bonds. The third-order valence-electron chi connectivity index (χ3n) is 6.11. The van der Waals surface area contributed by atoms with E-state index in [1.807, 2.05) is 66.9 Å². The molecule has 2 heterocycles. The fraction of sp³-hybridized carbons (Fsp3) is 0.276. The highest BCUT2D eigenvalue weighted by Gasteiger charge is 2.14. The molecule has 0 atom stereocenters. The van der Waals surface area contributed by atoms with Gasteiger partial charge in [0.15, 0.2) is 5.13 Å². The Morgan fingerprint density at radius 2 is 1.78 bits per heavy atom. The number of thiazole rings is 1. The number of carbonyl (C=O) groups is 1. The summed E-state index contributed by atoms with van der Waals surface area (Å²) >= 11 is 1.53. The summed E-state index contributed by atoms with van der Waals surface area (Å²) in [4.78, 5) is 24.2. The van der Waals surface area contributed by atoms with Crippen LogP contribution in [0.2, 0.25) is 0 Å². The number of nitrogens with one attached hydrogen (secondary N) is 2. The Balaban J connectivity index is 1.42. The zero-order valence-electron chi connectivity index (χ0n) is 21.4. The highest BCUT2D eigenvalue weighted by atomic mass is 32.1.